The van der Waals surface area contributed by atoms with Crippen LogP contribution in [0.25, 0.3) is 6.08 Å². The van der Waals surface area contributed by atoms with Crippen molar-refractivity contribution < 1.29 is 14.4 Å². The van der Waals surface area contributed by atoms with Gasteiger partial charge in [0.05, 0.1) is 12.1 Å². The number of anilines is 1. The summed E-state index contributed by atoms with van der Waals surface area (Å²) in [6.45, 7) is 1.39. The minimum atomic E-state index is -0.239. The Labute approximate surface area is 178 Å². The highest BCUT2D eigenvalue weighted by atomic mass is 32.1. The van der Waals surface area contributed by atoms with Gasteiger partial charge in [-0.3, -0.25) is 19.3 Å². The normalized spacial score (nSPS) is 14.8. The van der Waals surface area contributed by atoms with E-state index in [1.165, 1.54) is 18.3 Å². The number of carbonyl (C=O) groups excluding carboxylic acids is 3. The molecule has 0 unspecified atom stereocenters. The molecule has 0 fully saturated rings. The van der Waals surface area contributed by atoms with Crippen molar-refractivity contribution in [3.63, 3.8) is 0 Å². The third-order valence-corrected chi connectivity index (χ3v) is 5.39. The SMILES string of the molecule is CC(=O)CC(=O)c1ccc(N2C(=O)/C(=C/c3cccs3)N=C2c2ccccc2)cc1. The lowest BCUT2D eigenvalue weighted by Gasteiger charge is -2.18. The molecule has 0 aliphatic carbocycles. The van der Waals surface area contributed by atoms with E-state index in [-0.39, 0.29) is 23.9 Å². The van der Waals surface area contributed by atoms with Gasteiger partial charge in [0, 0.05) is 16.0 Å². The third-order valence-electron chi connectivity index (χ3n) is 4.57. The van der Waals surface area contributed by atoms with Crippen LogP contribution in [0.4, 0.5) is 5.69 Å². The molecular formula is C24H18N2O3S. The predicted molar refractivity (Wildman–Crippen MR) is 119 cm³/mol. The van der Waals surface area contributed by atoms with Gasteiger partial charge in [-0.25, -0.2) is 4.99 Å². The summed E-state index contributed by atoms with van der Waals surface area (Å²) in [6.07, 6.45) is 1.65. The van der Waals surface area contributed by atoms with Gasteiger partial charge in [-0.15, -0.1) is 11.3 Å². The second-order valence-electron chi connectivity index (χ2n) is 6.84. The van der Waals surface area contributed by atoms with Crippen molar-refractivity contribution in [2.45, 2.75) is 13.3 Å². The molecule has 0 saturated heterocycles. The van der Waals surface area contributed by atoms with Gasteiger partial charge < -0.3 is 0 Å². The Morgan fingerprint density at radius 3 is 2.37 bits per heavy atom. The maximum atomic E-state index is 13.2. The van der Waals surface area contributed by atoms with Crippen LogP contribution in [0.1, 0.15) is 34.1 Å². The summed E-state index contributed by atoms with van der Waals surface area (Å²) in [4.78, 5) is 43.7. The van der Waals surface area contributed by atoms with Crippen molar-refractivity contribution in [2.75, 3.05) is 4.90 Å². The van der Waals surface area contributed by atoms with E-state index in [1.54, 1.807) is 35.2 Å². The maximum absolute atomic E-state index is 13.2. The molecule has 1 aliphatic heterocycles. The number of hydrogen-bond donors (Lipinski definition) is 0. The molecule has 148 valence electrons. The maximum Gasteiger partial charge on any atom is 0.282 e. The van der Waals surface area contributed by atoms with Crippen molar-refractivity contribution >= 4 is 46.4 Å². The molecule has 0 atom stereocenters. The second-order valence-corrected chi connectivity index (χ2v) is 7.82. The molecule has 0 saturated carbocycles. The molecule has 0 radical (unpaired) electrons. The van der Waals surface area contributed by atoms with Gasteiger partial charge in [-0.1, -0.05) is 36.4 Å². The zero-order chi connectivity index (χ0) is 21.1. The first-order valence-electron chi connectivity index (χ1n) is 9.39. The van der Waals surface area contributed by atoms with E-state index < -0.39 is 0 Å². The minimum absolute atomic E-state index is 0.133. The fraction of sp³-hybridized carbons (Fsp3) is 0.0833. The van der Waals surface area contributed by atoms with Crippen LogP contribution >= 0.6 is 11.3 Å². The van der Waals surface area contributed by atoms with E-state index in [4.69, 9.17) is 0 Å². The van der Waals surface area contributed by atoms with Crippen molar-refractivity contribution in [2.24, 2.45) is 4.99 Å². The Morgan fingerprint density at radius 1 is 1.00 bits per heavy atom. The van der Waals surface area contributed by atoms with Gasteiger partial charge in [0.2, 0.25) is 0 Å². The molecule has 2 heterocycles. The van der Waals surface area contributed by atoms with Crippen LogP contribution in [0.2, 0.25) is 0 Å². The van der Waals surface area contributed by atoms with Gasteiger partial charge in [-0.2, -0.15) is 0 Å². The van der Waals surface area contributed by atoms with Gasteiger partial charge in [0.15, 0.2) is 5.78 Å². The first kappa shape index (κ1) is 19.7. The Morgan fingerprint density at radius 2 is 1.73 bits per heavy atom. The number of rotatable bonds is 6. The summed E-state index contributed by atoms with van der Waals surface area (Å²) in [5.74, 6) is -0.117. The van der Waals surface area contributed by atoms with Gasteiger partial charge in [0.1, 0.15) is 17.3 Å². The van der Waals surface area contributed by atoms with Crippen LogP contribution in [0.5, 0.6) is 0 Å². The number of amidine groups is 1. The quantitative estimate of drug-likeness (QED) is 0.332. The zero-order valence-corrected chi connectivity index (χ0v) is 17.1. The minimum Gasteiger partial charge on any atom is -0.300 e. The van der Waals surface area contributed by atoms with Crippen molar-refractivity contribution in [3.05, 3.63) is 93.8 Å². The number of aliphatic imine (C=N–C) groups is 1. The van der Waals surface area contributed by atoms with Gasteiger partial charge >= 0.3 is 0 Å². The van der Waals surface area contributed by atoms with Crippen molar-refractivity contribution in [1.29, 1.82) is 0 Å². The van der Waals surface area contributed by atoms with E-state index >= 15 is 0 Å². The average Bonchev–Trinajstić information content (AvgIpc) is 3.37. The number of benzene rings is 2. The van der Waals surface area contributed by atoms with Crippen LogP contribution in [-0.2, 0) is 9.59 Å². The van der Waals surface area contributed by atoms with E-state index in [9.17, 15) is 14.4 Å². The van der Waals surface area contributed by atoms with E-state index in [0.29, 0.717) is 22.8 Å². The smallest absolute Gasteiger partial charge is 0.282 e. The molecule has 0 N–H and O–H groups in total. The first-order valence-corrected chi connectivity index (χ1v) is 10.3. The molecule has 2 aromatic carbocycles. The summed E-state index contributed by atoms with van der Waals surface area (Å²) in [7, 11) is 0. The zero-order valence-electron chi connectivity index (χ0n) is 16.2. The number of hydrogen-bond acceptors (Lipinski definition) is 5. The topological polar surface area (TPSA) is 66.8 Å². The molecule has 3 aromatic rings. The summed E-state index contributed by atoms with van der Waals surface area (Å²) >= 11 is 1.53. The fourth-order valence-electron chi connectivity index (χ4n) is 3.17. The first-order chi connectivity index (χ1) is 14.5. The summed E-state index contributed by atoms with van der Waals surface area (Å²) in [5.41, 5.74) is 2.22. The summed E-state index contributed by atoms with van der Waals surface area (Å²) in [5, 5.41) is 1.95. The number of thiophene rings is 1. The molecule has 1 aromatic heterocycles. The Bertz CT molecular complexity index is 1160. The molecule has 0 bridgehead atoms. The molecule has 1 aliphatic rings. The summed E-state index contributed by atoms with van der Waals surface area (Å²) < 4.78 is 0. The molecule has 4 rings (SSSR count). The largest absolute Gasteiger partial charge is 0.300 e. The number of nitrogens with zero attached hydrogens (tertiary/aromatic N) is 2. The Balaban J connectivity index is 1.72. The highest BCUT2D eigenvalue weighted by Gasteiger charge is 2.32. The fourth-order valence-corrected chi connectivity index (χ4v) is 3.82. The van der Waals surface area contributed by atoms with E-state index in [0.717, 1.165) is 10.4 Å². The van der Waals surface area contributed by atoms with Crippen LogP contribution in [0.15, 0.2) is 82.8 Å². The lowest BCUT2D eigenvalue weighted by Crippen LogP contribution is -2.32. The van der Waals surface area contributed by atoms with Crippen LogP contribution in [0.3, 0.4) is 0 Å². The number of ketones is 2. The molecule has 30 heavy (non-hydrogen) atoms. The summed E-state index contributed by atoms with van der Waals surface area (Å²) in [6, 6.07) is 20.0. The molecule has 0 spiro atoms. The third kappa shape index (κ3) is 4.04. The Kier molecular flexibility index (Phi) is 5.50. The highest BCUT2D eigenvalue weighted by molar-refractivity contribution is 7.10. The lowest BCUT2D eigenvalue weighted by atomic mass is 10.1. The predicted octanol–water partition coefficient (Wildman–Crippen LogP) is 4.74. The molecular weight excluding hydrogens is 396 g/mol. The number of carbonyl (C=O) groups is 3. The lowest BCUT2D eigenvalue weighted by molar-refractivity contribution is -0.116. The molecule has 5 nitrogen and oxygen atoms in total. The highest BCUT2D eigenvalue weighted by Crippen LogP contribution is 2.29. The standard InChI is InChI=1S/C24H18N2O3S/c1-16(27)14-22(28)17-9-11-19(12-10-17)26-23(18-6-3-2-4-7-18)25-21(24(26)29)15-20-8-5-13-30-20/h2-13,15H,14H2,1H3/b21-15-. The van der Waals surface area contributed by atoms with Gasteiger partial charge in [0.25, 0.3) is 5.91 Å². The Hall–Kier alpha value is -3.64. The van der Waals surface area contributed by atoms with E-state index in [1.807, 2.05) is 47.8 Å². The van der Waals surface area contributed by atoms with E-state index in [2.05, 4.69) is 4.99 Å². The number of Topliss-reactive ketones (excluding diaryl/α,β-unsaturated/α-hetero) is 2. The second kappa shape index (κ2) is 8.39. The number of amides is 1. The molecule has 6 heteroatoms. The van der Waals surface area contributed by atoms with Crippen molar-refractivity contribution in [1.82, 2.24) is 0 Å². The average molecular weight is 414 g/mol. The molecule has 1 amide bonds. The van der Waals surface area contributed by atoms with Crippen LogP contribution < -0.4 is 4.90 Å². The van der Waals surface area contributed by atoms with Gasteiger partial charge in [-0.05, 0) is 48.7 Å². The van der Waals surface area contributed by atoms with Crippen molar-refractivity contribution in [3.8, 4) is 0 Å². The van der Waals surface area contributed by atoms with Crippen LogP contribution in [0, 0.1) is 0 Å². The van der Waals surface area contributed by atoms with Crippen LogP contribution in [-0.4, -0.2) is 23.3 Å². The monoisotopic (exact) mass is 414 g/mol.